The van der Waals surface area contributed by atoms with Crippen LogP contribution >= 0.6 is 11.3 Å². The van der Waals surface area contributed by atoms with Gasteiger partial charge in [0.2, 0.25) is 0 Å². The summed E-state index contributed by atoms with van der Waals surface area (Å²) >= 11 is 1.53. The lowest BCUT2D eigenvalue weighted by Crippen LogP contribution is -2.37. The molecule has 0 N–H and O–H groups in total. The van der Waals surface area contributed by atoms with E-state index < -0.39 is 0 Å². The van der Waals surface area contributed by atoms with Gasteiger partial charge in [-0.1, -0.05) is 23.5 Å². The fraction of sp³-hybridized carbons (Fsp3) is 0.350. The summed E-state index contributed by atoms with van der Waals surface area (Å²) < 4.78 is 6.86. The Morgan fingerprint density at radius 2 is 2.15 bits per heavy atom. The second-order valence-electron chi connectivity index (χ2n) is 6.81. The van der Waals surface area contributed by atoms with Crippen LogP contribution in [0.25, 0.3) is 10.2 Å². The fourth-order valence-corrected chi connectivity index (χ4v) is 4.14. The van der Waals surface area contributed by atoms with E-state index in [0.29, 0.717) is 17.2 Å². The number of thiazole rings is 1. The van der Waals surface area contributed by atoms with Crippen LogP contribution in [0.1, 0.15) is 23.2 Å². The Morgan fingerprint density at radius 1 is 1.30 bits per heavy atom. The lowest BCUT2D eigenvalue weighted by molar-refractivity contribution is 0.0917. The van der Waals surface area contributed by atoms with Gasteiger partial charge in [-0.05, 0) is 37.1 Å². The van der Waals surface area contributed by atoms with Gasteiger partial charge in [0.15, 0.2) is 5.13 Å². The van der Waals surface area contributed by atoms with Crippen molar-refractivity contribution in [3.05, 3.63) is 48.2 Å². The Labute approximate surface area is 162 Å². The number of ether oxygens (including phenoxy) is 1. The number of benzene rings is 1. The van der Waals surface area contributed by atoms with E-state index in [2.05, 4.69) is 4.98 Å². The van der Waals surface area contributed by atoms with E-state index >= 15 is 0 Å². The van der Waals surface area contributed by atoms with Crippen LogP contribution in [0.3, 0.4) is 0 Å². The number of anilines is 2. The van der Waals surface area contributed by atoms with E-state index in [9.17, 15) is 4.79 Å². The Balaban J connectivity index is 1.70. The zero-order valence-corrected chi connectivity index (χ0v) is 16.3. The second kappa shape index (κ2) is 7.62. The fourth-order valence-electron chi connectivity index (χ4n) is 3.17. The molecule has 0 aliphatic carbocycles. The minimum absolute atomic E-state index is 0.0520. The molecule has 1 saturated heterocycles. The molecule has 0 saturated carbocycles. The lowest BCUT2D eigenvalue weighted by atomic mass is 10.2. The van der Waals surface area contributed by atoms with Crippen molar-refractivity contribution in [1.29, 1.82) is 0 Å². The smallest absolute Gasteiger partial charge is 0.260 e. The molecule has 4 rings (SSSR count). The van der Waals surface area contributed by atoms with Gasteiger partial charge in [0.05, 0.1) is 22.9 Å². The van der Waals surface area contributed by atoms with Crippen molar-refractivity contribution in [2.24, 2.45) is 0 Å². The molecule has 27 heavy (non-hydrogen) atoms. The summed E-state index contributed by atoms with van der Waals surface area (Å²) in [6.07, 6.45) is 3.72. The average molecular weight is 382 g/mol. The number of nitrogens with zero attached hydrogens (tertiary/aromatic N) is 4. The van der Waals surface area contributed by atoms with Crippen molar-refractivity contribution < 1.29 is 9.53 Å². The molecule has 0 unspecified atom stereocenters. The number of rotatable bonds is 5. The zero-order valence-electron chi connectivity index (χ0n) is 15.5. The number of pyridine rings is 1. The molecular weight excluding hydrogens is 360 g/mol. The van der Waals surface area contributed by atoms with E-state index in [-0.39, 0.29) is 12.0 Å². The Bertz CT molecular complexity index is 917. The van der Waals surface area contributed by atoms with E-state index in [4.69, 9.17) is 9.72 Å². The van der Waals surface area contributed by atoms with E-state index in [1.807, 2.05) is 49.3 Å². The molecule has 0 spiro atoms. The quantitative estimate of drug-likeness (QED) is 0.675. The maximum atomic E-state index is 13.4. The van der Waals surface area contributed by atoms with Gasteiger partial charge >= 0.3 is 0 Å². The molecule has 1 aliphatic rings. The summed E-state index contributed by atoms with van der Waals surface area (Å²) in [5, 5.41) is 0.708. The number of carbonyl (C=O) groups excluding carboxylic acids is 1. The first-order chi connectivity index (χ1) is 13.1. The summed E-state index contributed by atoms with van der Waals surface area (Å²) in [5.41, 5.74) is 1.51. The molecule has 1 aromatic carbocycles. The molecule has 0 bridgehead atoms. The van der Waals surface area contributed by atoms with Crippen LogP contribution in [-0.2, 0) is 4.74 Å². The maximum Gasteiger partial charge on any atom is 0.260 e. The molecule has 1 amide bonds. The molecule has 0 radical (unpaired) electrons. The van der Waals surface area contributed by atoms with Crippen LogP contribution in [0.5, 0.6) is 0 Å². The highest BCUT2D eigenvalue weighted by atomic mass is 32.1. The van der Waals surface area contributed by atoms with Crippen molar-refractivity contribution >= 4 is 38.4 Å². The van der Waals surface area contributed by atoms with Crippen LogP contribution in [0, 0.1) is 0 Å². The van der Waals surface area contributed by atoms with E-state index in [1.165, 1.54) is 11.3 Å². The molecule has 3 aromatic rings. The summed E-state index contributed by atoms with van der Waals surface area (Å²) in [6.45, 7) is 1.27. The third kappa shape index (κ3) is 3.79. The largest absolute Gasteiger partial charge is 0.376 e. The highest BCUT2D eigenvalue weighted by Crippen LogP contribution is 2.31. The number of hydrogen-bond donors (Lipinski definition) is 0. The SMILES string of the molecule is CN(C)c1cc(C(=O)N(C[C@@H]2CCCO2)c2nc3ccccc3s2)ccn1. The summed E-state index contributed by atoms with van der Waals surface area (Å²) in [4.78, 5) is 26.0. The molecule has 3 heterocycles. The topological polar surface area (TPSA) is 58.6 Å². The van der Waals surface area contributed by atoms with Gasteiger partial charge in [-0.25, -0.2) is 9.97 Å². The number of amides is 1. The maximum absolute atomic E-state index is 13.4. The van der Waals surface area contributed by atoms with Crippen molar-refractivity contribution in [3.8, 4) is 0 Å². The first kappa shape index (κ1) is 17.9. The standard InChI is InChI=1S/C20H22N4O2S/c1-23(2)18-12-14(9-10-21-18)19(25)24(13-15-6-5-11-26-15)20-22-16-7-3-4-8-17(16)27-20/h3-4,7-10,12,15H,5-6,11,13H2,1-2H3/t15-/m0/s1. The van der Waals surface area contributed by atoms with Crippen LogP contribution in [-0.4, -0.2) is 49.2 Å². The third-order valence-corrected chi connectivity index (χ3v) is 5.68. The molecule has 1 aliphatic heterocycles. The van der Waals surface area contributed by atoms with Crippen LogP contribution in [0.4, 0.5) is 10.9 Å². The van der Waals surface area contributed by atoms with Crippen molar-refractivity contribution in [3.63, 3.8) is 0 Å². The Hall–Kier alpha value is -2.51. The van der Waals surface area contributed by atoms with Gasteiger partial charge in [-0.15, -0.1) is 0 Å². The van der Waals surface area contributed by atoms with E-state index in [1.54, 1.807) is 17.2 Å². The normalized spacial score (nSPS) is 16.6. The van der Waals surface area contributed by atoms with Crippen LogP contribution in [0.15, 0.2) is 42.6 Å². The van der Waals surface area contributed by atoms with Crippen molar-refractivity contribution in [1.82, 2.24) is 9.97 Å². The number of para-hydroxylation sites is 1. The minimum Gasteiger partial charge on any atom is -0.376 e. The van der Waals surface area contributed by atoms with Gasteiger partial charge in [-0.3, -0.25) is 9.69 Å². The lowest BCUT2D eigenvalue weighted by Gasteiger charge is -2.23. The van der Waals surface area contributed by atoms with E-state index in [0.717, 1.165) is 35.5 Å². The average Bonchev–Trinajstić information content (AvgIpc) is 3.34. The summed E-state index contributed by atoms with van der Waals surface area (Å²) in [7, 11) is 3.82. The molecule has 1 fully saturated rings. The van der Waals surface area contributed by atoms with Gasteiger partial charge in [-0.2, -0.15) is 0 Å². The molecule has 140 valence electrons. The van der Waals surface area contributed by atoms with Gasteiger partial charge in [0.25, 0.3) is 5.91 Å². The molecule has 6 nitrogen and oxygen atoms in total. The van der Waals surface area contributed by atoms with Gasteiger partial charge < -0.3 is 9.64 Å². The third-order valence-electron chi connectivity index (χ3n) is 4.62. The first-order valence-corrected chi connectivity index (χ1v) is 9.86. The monoisotopic (exact) mass is 382 g/mol. The van der Waals surface area contributed by atoms with Gasteiger partial charge in [0.1, 0.15) is 5.82 Å². The Kier molecular flexibility index (Phi) is 5.05. The molecule has 1 atom stereocenters. The van der Waals surface area contributed by atoms with Crippen molar-refractivity contribution in [2.45, 2.75) is 18.9 Å². The number of aromatic nitrogens is 2. The molecule has 7 heteroatoms. The number of hydrogen-bond acceptors (Lipinski definition) is 6. The van der Waals surface area contributed by atoms with Crippen LogP contribution in [0.2, 0.25) is 0 Å². The first-order valence-electron chi connectivity index (χ1n) is 9.04. The highest BCUT2D eigenvalue weighted by Gasteiger charge is 2.27. The second-order valence-corrected chi connectivity index (χ2v) is 7.82. The summed E-state index contributed by atoms with van der Waals surface area (Å²) in [6, 6.07) is 11.5. The van der Waals surface area contributed by atoms with Crippen LogP contribution < -0.4 is 9.80 Å². The summed E-state index contributed by atoms with van der Waals surface area (Å²) in [5.74, 6) is 0.678. The van der Waals surface area contributed by atoms with Gasteiger partial charge in [0, 0.05) is 32.5 Å². The molecular formula is C20H22N4O2S. The molecule has 2 aromatic heterocycles. The predicted octanol–water partition coefficient (Wildman–Crippen LogP) is 3.58. The predicted molar refractivity (Wildman–Crippen MR) is 109 cm³/mol. The minimum atomic E-state index is -0.0740. The zero-order chi connectivity index (χ0) is 18.8. The highest BCUT2D eigenvalue weighted by molar-refractivity contribution is 7.22. The number of carbonyl (C=O) groups is 1. The van der Waals surface area contributed by atoms with Crippen molar-refractivity contribution in [2.75, 3.05) is 37.0 Å². The number of fused-ring (bicyclic) bond motifs is 1. The Morgan fingerprint density at radius 3 is 2.89 bits per heavy atom.